The van der Waals surface area contributed by atoms with E-state index in [2.05, 4.69) is 33.8 Å². The monoisotopic (exact) mass is 372 g/mol. The first-order valence-corrected chi connectivity index (χ1v) is 10.2. The molecule has 4 heteroatoms. The van der Waals surface area contributed by atoms with E-state index in [4.69, 9.17) is 4.74 Å². The van der Waals surface area contributed by atoms with Crippen molar-refractivity contribution in [1.82, 2.24) is 0 Å². The molecule has 1 heterocycles. The number of rotatable bonds is 0. The molecule has 3 aliphatic rings. The van der Waals surface area contributed by atoms with Crippen LogP contribution in [-0.4, -0.2) is 22.5 Å². The lowest BCUT2D eigenvalue weighted by atomic mass is 9.68. The number of Topliss-reactive ketones (excluding diaryl/α,β-unsaturated/α-hetero) is 1. The molecule has 1 saturated heterocycles. The van der Waals surface area contributed by atoms with Crippen LogP contribution >= 0.6 is 0 Å². The van der Waals surface area contributed by atoms with E-state index in [0.29, 0.717) is 17.9 Å². The van der Waals surface area contributed by atoms with Gasteiger partial charge >= 0.3 is 5.97 Å². The van der Waals surface area contributed by atoms with Crippen LogP contribution in [0, 0.1) is 23.7 Å². The average molecular weight is 373 g/mol. The molecule has 4 nitrogen and oxygen atoms in total. The van der Waals surface area contributed by atoms with Gasteiger partial charge in [-0.3, -0.25) is 4.79 Å². The second-order valence-electron chi connectivity index (χ2n) is 9.05. The third kappa shape index (κ3) is 3.51. The van der Waals surface area contributed by atoms with E-state index in [-0.39, 0.29) is 34.9 Å². The predicted molar refractivity (Wildman–Crippen MR) is 105 cm³/mol. The number of allylic oxidation sites excluding steroid dienone is 3. The summed E-state index contributed by atoms with van der Waals surface area (Å²) in [6.07, 6.45) is 8.53. The standard InChI is InChI=1S/C23H32O4/c1-13-7-6-8-18-11-15(3)17(5)12-23(18)21(25)19(22(26)27-23)20(24)16(4)10-14(2)9-13/h10-11,13-14,17-18,24H,6-9,12H2,1-5H3/b16-10-,20-19?/t13-,14-,17+,18+,23+/m0/s1. The Morgan fingerprint density at radius 3 is 2.52 bits per heavy atom. The Bertz CT molecular complexity index is 741. The number of aliphatic hydroxyl groups is 1. The summed E-state index contributed by atoms with van der Waals surface area (Å²) in [7, 11) is 0. The van der Waals surface area contributed by atoms with Gasteiger partial charge in [-0.15, -0.1) is 0 Å². The van der Waals surface area contributed by atoms with Gasteiger partial charge in [-0.1, -0.05) is 51.3 Å². The SMILES string of the molecule is CC1=C[C@H]2CCC[C@H](C)C[C@H](C)/C=C(/C)C(O)=C3C(=O)O[C@@]2(C[C@H]1C)C3=O. The fourth-order valence-corrected chi connectivity index (χ4v) is 5.06. The van der Waals surface area contributed by atoms with Crippen LogP contribution in [0.15, 0.2) is 34.6 Å². The Labute approximate surface area is 162 Å². The van der Waals surface area contributed by atoms with E-state index in [0.717, 1.165) is 25.7 Å². The molecule has 2 bridgehead atoms. The summed E-state index contributed by atoms with van der Waals surface area (Å²) in [5.41, 5.74) is 0.521. The van der Waals surface area contributed by atoms with Crippen molar-refractivity contribution in [3.63, 3.8) is 0 Å². The van der Waals surface area contributed by atoms with Crippen LogP contribution in [0.25, 0.3) is 0 Å². The average Bonchev–Trinajstić information content (AvgIpc) is 2.81. The molecule has 0 radical (unpaired) electrons. The van der Waals surface area contributed by atoms with Crippen molar-refractivity contribution in [1.29, 1.82) is 0 Å². The Kier molecular flexibility index (Phi) is 5.38. The summed E-state index contributed by atoms with van der Waals surface area (Å²) in [6, 6.07) is 0. The summed E-state index contributed by atoms with van der Waals surface area (Å²) in [4.78, 5) is 26.1. The minimum absolute atomic E-state index is 0.120. The van der Waals surface area contributed by atoms with Gasteiger partial charge in [0.1, 0.15) is 11.3 Å². The van der Waals surface area contributed by atoms with Crippen molar-refractivity contribution in [3.05, 3.63) is 34.6 Å². The number of carbonyl (C=O) groups excluding carboxylic acids is 2. The van der Waals surface area contributed by atoms with Crippen LogP contribution in [0.1, 0.15) is 66.7 Å². The minimum Gasteiger partial charge on any atom is -0.507 e. The zero-order valence-corrected chi connectivity index (χ0v) is 17.2. The van der Waals surface area contributed by atoms with Gasteiger partial charge in [0.15, 0.2) is 5.60 Å². The molecule has 27 heavy (non-hydrogen) atoms. The highest BCUT2D eigenvalue weighted by atomic mass is 16.6. The first-order valence-electron chi connectivity index (χ1n) is 10.2. The number of fused-ring (bicyclic) bond motifs is 1. The highest BCUT2D eigenvalue weighted by Gasteiger charge is 2.59. The molecule has 2 aliphatic carbocycles. The van der Waals surface area contributed by atoms with Gasteiger partial charge in [0.2, 0.25) is 5.78 Å². The van der Waals surface area contributed by atoms with Gasteiger partial charge in [0, 0.05) is 12.3 Å². The highest BCUT2D eigenvalue weighted by Crippen LogP contribution is 2.47. The van der Waals surface area contributed by atoms with Crippen molar-refractivity contribution < 1.29 is 19.4 Å². The zero-order chi connectivity index (χ0) is 19.9. The van der Waals surface area contributed by atoms with Crippen molar-refractivity contribution in [2.24, 2.45) is 23.7 Å². The van der Waals surface area contributed by atoms with Gasteiger partial charge in [-0.05, 0) is 50.0 Å². The second kappa shape index (κ2) is 7.29. The van der Waals surface area contributed by atoms with E-state index < -0.39 is 11.6 Å². The zero-order valence-electron chi connectivity index (χ0n) is 17.2. The summed E-state index contributed by atoms with van der Waals surface area (Å²) in [6.45, 7) is 10.3. The normalized spacial score (nSPS) is 40.0. The predicted octanol–water partition coefficient (Wildman–Crippen LogP) is 5.06. The second-order valence-corrected chi connectivity index (χ2v) is 9.05. The molecular formula is C23H32O4. The third-order valence-corrected chi connectivity index (χ3v) is 6.67. The van der Waals surface area contributed by atoms with E-state index in [1.165, 1.54) is 5.57 Å². The molecule has 148 valence electrons. The lowest BCUT2D eigenvalue weighted by molar-refractivity contribution is -0.158. The van der Waals surface area contributed by atoms with Crippen LogP contribution in [0.3, 0.4) is 0 Å². The highest BCUT2D eigenvalue weighted by molar-refractivity contribution is 6.26. The molecule has 0 amide bonds. The molecule has 1 aliphatic heterocycles. The number of hydrogen-bond donors (Lipinski definition) is 1. The van der Waals surface area contributed by atoms with Crippen molar-refractivity contribution >= 4 is 11.8 Å². The number of carbonyl (C=O) groups is 2. The molecule has 3 rings (SSSR count). The van der Waals surface area contributed by atoms with Crippen molar-refractivity contribution in [2.75, 3.05) is 0 Å². The summed E-state index contributed by atoms with van der Waals surface area (Å²) in [5.74, 6) is -0.325. The molecule has 0 aromatic carbocycles. The Morgan fingerprint density at radius 2 is 1.81 bits per heavy atom. The maximum absolute atomic E-state index is 13.4. The van der Waals surface area contributed by atoms with E-state index in [1.807, 2.05) is 6.08 Å². The third-order valence-electron chi connectivity index (χ3n) is 6.67. The van der Waals surface area contributed by atoms with Crippen LogP contribution in [0.2, 0.25) is 0 Å². The molecule has 0 saturated carbocycles. The summed E-state index contributed by atoms with van der Waals surface area (Å²) < 4.78 is 5.79. The molecule has 1 fully saturated rings. The van der Waals surface area contributed by atoms with Crippen LogP contribution < -0.4 is 0 Å². The quantitative estimate of drug-likeness (QED) is 0.367. The molecule has 0 aromatic heterocycles. The van der Waals surface area contributed by atoms with Gasteiger partial charge in [0.05, 0.1) is 0 Å². The van der Waals surface area contributed by atoms with Gasteiger partial charge in [0.25, 0.3) is 0 Å². The summed E-state index contributed by atoms with van der Waals surface area (Å²) >= 11 is 0. The van der Waals surface area contributed by atoms with Gasteiger partial charge in [-0.2, -0.15) is 0 Å². The van der Waals surface area contributed by atoms with Crippen LogP contribution in [-0.2, 0) is 14.3 Å². The first kappa shape index (κ1) is 19.9. The molecule has 1 spiro atoms. The van der Waals surface area contributed by atoms with Gasteiger partial charge < -0.3 is 9.84 Å². The lowest BCUT2D eigenvalue weighted by Crippen LogP contribution is -2.47. The summed E-state index contributed by atoms with van der Waals surface area (Å²) in [5, 5.41) is 10.7. The number of ether oxygens (including phenoxy) is 1. The number of aliphatic hydroxyl groups excluding tert-OH is 1. The Balaban J connectivity index is 2.12. The molecule has 0 aromatic rings. The van der Waals surface area contributed by atoms with Gasteiger partial charge in [-0.25, -0.2) is 4.79 Å². The maximum Gasteiger partial charge on any atom is 0.346 e. The fourth-order valence-electron chi connectivity index (χ4n) is 5.06. The number of ketones is 1. The molecule has 1 N–H and O–H groups in total. The smallest absolute Gasteiger partial charge is 0.346 e. The largest absolute Gasteiger partial charge is 0.507 e. The molecule has 0 unspecified atom stereocenters. The van der Waals surface area contributed by atoms with E-state index in [1.54, 1.807) is 6.92 Å². The topological polar surface area (TPSA) is 63.6 Å². The maximum atomic E-state index is 13.4. The Morgan fingerprint density at radius 1 is 1.11 bits per heavy atom. The molecule has 5 atom stereocenters. The van der Waals surface area contributed by atoms with E-state index in [9.17, 15) is 14.7 Å². The van der Waals surface area contributed by atoms with E-state index >= 15 is 0 Å². The molecular weight excluding hydrogens is 340 g/mol. The minimum atomic E-state index is -1.15. The first-order chi connectivity index (χ1) is 12.7. The number of hydrogen-bond acceptors (Lipinski definition) is 4. The fraction of sp³-hybridized carbons (Fsp3) is 0.652. The van der Waals surface area contributed by atoms with Crippen molar-refractivity contribution in [3.8, 4) is 0 Å². The van der Waals surface area contributed by atoms with Crippen molar-refractivity contribution in [2.45, 2.75) is 72.3 Å². The lowest BCUT2D eigenvalue weighted by Gasteiger charge is -2.39. The van der Waals surface area contributed by atoms with Crippen LogP contribution in [0.5, 0.6) is 0 Å². The Hall–Kier alpha value is -1.84. The van der Waals surface area contributed by atoms with Crippen LogP contribution in [0.4, 0.5) is 0 Å². The number of esters is 1.